The van der Waals surface area contributed by atoms with E-state index in [4.69, 9.17) is 4.74 Å². The van der Waals surface area contributed by atoms with Crippen LogP contribution in [0.1, 0.15) is 36.8 Å². The van der Waals surface area contributed by atoms with E-state index in [9.17, 15) is 0 Å². The third-order valence-electron chi connectivity index (χ3n) is 2.94. The molecule has 3 heteroatoms. The van der Waals surface area contributed by atoms with Gasteiger partial charge in [0.25, 0.3) is 0 Å². The van der Waals surface area contributed by atoms with E-state index in [2.05, 4.69) is 58.7 Å². The smallest absolute Gasteiger partial charge is 0.123 e. The van der Waals surface area contributed by atoms with Crippen molar-refractivity contribution in [2.24, 2.45) is 0 Å². The lowest BCUT2D eigenvalue weighted by molar-refractivity contribution is 0.130. The van der Waals surface area contributed by atoms with E-state index >= 15 is 0 Å². The molecule has 1 aromatic carbocycles. The highest BCUT2D eigenvalue weighted by Gasteiger charge is 2.16. The third-order valence-corrected chi connectivity index (χ3v) is 3.70. The Morgan fingerprint density at radius 1 is 1.05 bits per heavy atom. The van der Waals surface area contributed by atoms with Gasteiger partial charge in [-0.15, -0.1) is 11.3 Å². The number of thiazole rings is 1. The van der Waals surface area contributed by atoms with Crippen molar-refractivity contribution in [3.8, 4) is 17.0 Å². The number of ether oxygens (including phenoxy) is 1. The van der Waals surface area contributed by atoms with Crippen LogP contribution in [0, 0.1) is 20.8 Å². The van der Waals surface area contributed by atoms with Gasteiger partial charge in [0.1, 0.15) is 11.4 Å². The molecule has 0 saturated heterocycles. The lowest BCUT2D eigenvalue weighted by Gasteiger charge is -2.23. The van der Waals surface area contributed by atoms with E-state index in [1.165, 1.54) is 16.0 Å². The van der Waals surface area contributed by atoms with Crippen molar-refractivity contribution >= 4 is 11.3 Å². The van der Waals surface area contributed by atoms with Crippen LogP contribution in [0.15, 0.2) is 17.6 Å². The Kier molecular flexibility index (Phi) is 3.68. The summed E-state index contributed by atoms with van der Waals surface area (Å²) in [6.45, 7) is 12.5. The maximum Gasteiger partial charge on any atom is 0.123 e. The highest BCUT2D eigenvalue weighted by Crippen LogP contribution is 2.33. The quantitative estimate of drug-likeness (QED) is 0.776. The summed E-state index contributed by atoms with van der Waals surface area (Å²) < 4.78 is 6.00. The topological polar surface area (TPSA) is 22.1 Å². The van der Waals surface area contributed by atoms with Gasteiger partial charge in [-0.2, -0.15) is 0 Å². The molecule has 0 bridgehead atoms. The van der Waals surface area contributed by atoms with Crippen LogP contribution < -0.4 is 4.74 Å². The summed E-state index contributed by atoms with van der Waals surface area (Å²) in [6.07, 6.45) is 0. The molecular weight excluding hydrogens is 254 g/mol. The van der Waals surface area contributed by atoms with Crippen molar-refractivity contribution in [1.29, 1.82) is 0 Å². The monoisotopic (exact) mass is 275 g/mol. The van der Waals surface area contributed by atoms with Crippen LogP contribution >= 0.6 is 11.3 Å². The highest BCUT2D eigenvalue weighted by atomic mass is 32.1. The molecule has 1 heterocycles. The van der Waals surface area contributed by atoms with E-state index < -0.39 is 0 Å². The van der Waals surface area contributed by atoms with Crippen LogP contribution in [0.3, 0.4) is 0 Å². The minimum absolute atomic E-state index is 0.171. The molecule has 0 unspecified atom stereocenters. The molecule has 0 atom stereocenters. The Hall–Kier alpha value is -1.35. The lowest BCUT2D eigenvalue weighted by atomic mass is 10.0. The highest BCUT2D eigenvalue weighted by molar-refractivity contribution is 7.10. The van der Waals surface area contributed by atoms with E-state index in [1.807, 2.05) is 5.51 Å². The van der Waals surface area contributed by atoms with Gasteiger partial charge in [-0.25, -0.2) is 4.98 Å². The molecule has 2 rings (SSSR count). The summed E-state index contributed by atoms with van der Waals surface area (Å²) in [5, 5.41) is 0. The SMILES string of the molecule is Cc1cc(-c2ncsc2C)c(C)cc1OC(C)(C)C. The fraction of sp³-hybridized carbons (Fsp3) is 0.438. The van der Waals surface area contributed by atoms with Crippen LogP contribution in [-0.2, 0) is 0 Å². The first-order valence-corrected chi connectivity index (χ1v) is 7.36. The number of hydrogen-bond donors (Lipinski definition) is 0. The predicted molar refractivity (Wildman–Crippen MR) is 82.1 cm³/mol. The first-order valence-electron chi connectivity index (χ1n) is 6.48. The Morgan fingerprint density at radius 2 is 1.74 bits per heavy atom. The molecular formula is C16H21NOS. The van der Waals surface area contributed by atoms with Gasteiger partial charge in [0.2, 0.25) is 0 Å². The molecule has 2 aromatic rings. The number of rotatable bonds is 2. The van der Waals surface area contributed by atoms with E-state index in [1.54, 1.807) is 11.3 Å². The fourth-order valence-corrected chi connectivity index (χ4v) is 2.64. The van der Waals surface area contributed by atoms with Crippen LogP contribution in [0.4, 0.5) is 0 Å². The summed E-state index contributed by atoms with van der Waals surface area (Å²) in [7, 11) is 0. The van der Waals surface area contributed by atoms with Crippen molar-refractivity contribution in [3.05, 3.63) is 33.6 Å². The molecule has 0 saturated carbocycles. The molecule has 2 nitrogen and oxygen atoms in total. The molecule has 19 heavy (non-hydrogen) atoms. The molecule has 0 N–H and O–H groups in total. The minimum Gasteiger partial charge on any atom is -0.488 e. The molecule has 0 fully saturated rings. The van der Waals surface area contributed by atoms with Crippen molar-refractivity contribution in [1.82, 2.24) is 4.98 Å². The largest absolute Gasteiger partial charge is 0.488 e. The summed E-state index contributed by atoms with van der Waals surface area (Å²) in [5.41, 5.74) is 6.39. The summed E-state index contributed by atoms with van der Waals surface area (Å²) in [4.78, 5) is 5.73. The first-order chi connectivity index (χ1) is 8.78. The zero-order chi connectivity index (χ0) is 14.2. The second-order valence-electron chi connectivity index (χ2n) is 5.90. The number of benzene rings is 1. The van der Waals surface area contributed by atoms with Crippen LogP contribution in [0.25, 0.3) is 11.3 Å². The molecule has 0 amide bonds. The van der Waals surface area contributed by atoms with E-state index in [0.29, 0.717) is 0 Å². The zero-order valence-corrected chi connectivity index (χ0v) is 13.3. The van der Waals surface area contributed by atoms with Gasteiger partial charge in [0.15, 0.2) is 0 Å². The molecule has 0 spiro atoms. The molecule has 102 valence electrons. The van der Waals surface area contributed by atoms with Crippen LogP contribution in [-0.4, -0.2) is 10.6 Å². The molecule has 0 radical (unpaired) electrons. The Bertz CT molecular complexity index is 593. The second-order valence-corrected chi connectivity index (χ2v) is 6.96. The number of aromatic nitrogens is 1. The van der Waals surface area contributed by atoms with Crippen molar-refractivity contribution in [2.45, 2.75) is 47.1 Å². The van der Waals surface area contributed by atoms with Gasteiger partial charge >= 0.3 is 0 Å². The molecule has 1 aromatic heterocycles. The minimum atomic E-state index is -0.171. The summed E-state index contributed by atoms with van der Waals surface area (Å²) in [6, 6.07) is 4.30. The third kappa shape index (κ3) is 3.16. The maximum absolute atomic E-state index is 6.00. The van der Waals surface area contributed by atoms with Crippen molar-refractivity contribution in [2.75, 3.05) is 0 Å². The average Bonchev–Trinajstić information content (AvgIpc) is 2.67. The summed E-state index contributed by atoms with van der Waals surface area (Å²) in [5.74, 6) is 0.960. The number of nitrogens with zero attached hydrogens (tertiary/aromatic N) is 1. The van der Waals surface area contributed by atoms with E-state index in [-0.39, 0.29) is 5.60 Å². The fourth-order valence-electron chi connectivity index (χ4n) is 2.05. The normalized spacial score (nSPS) is 11.7. The Labute approximate surface area is 119 Å². The van der Waals surface area contributed by atoms with Crippen molar-refractivity contribution < 1.29 is 4.74 Å². The van der Waals surface area contributed by atoms with Gasteiger partial charge in [-0.1, -0.05) is 0 Å². The number of aryl methyl sites for hydroxylation is 3. The van der Waals surface area contributed by atoms with Gasteiger partial charge in [-0.3, -0.25) is 0 Å². The molecule has 0 aliphatic carbocycles. The summed E-state index contributed by atoms with van der Waals surface area (Å²) >= 11 is 1.69. The zero-order valence-electron chi connectivity index (χ0n) is 12.5. The maximum atomic E-state index is 6.00. The van der Waals surface area contributed by atoms with Crippen LogP contribution in [0.2, 0.25) is 0 Å². The molecule has 0 aliphatic heterocycles. The number of hydrogen-bond acceptors (Lipinski definition) is 3. The average molecular weight is 275 g/mol. The Morgan fingerprint density at radius 3 is 2.26 bits per heavy atom. The lowest BCUT2D eigenvalue weighted by Crippen LogP contribution is -2.23. The predicted octanol–water partition coefficient (Wildman–Crippen LogP) is 4.91. The Balaban J connectivity index is 2.46. The van der Waals surface area contributed by atoms with Crippen LogP contribution in [0.5, 0.6) is 5.75 Å². The van der Waals surface area contributed by atoms with Gasteiger partial charge < -0.3 is 4.74 Å². The van der Waals surface area contributed by atoms with Gasteiger partial charge in [0.05, 0.1) is 11.2 Å². The van der Waals surface area contributed by atoms with E-state index in [0.717, 1.165) is 17.0 Å². The van der Waals surface area contributed by atoms with Gasteiger partial charge in [-0.05, 0) is 64.8 Å². The standard InChI is InChI=1S/C16H21NOS/c1-10-8-14(18-16(4,5)6)11(2)7-13(10)15-12(3)19-9-17-15/h7-9H,1-6H3. The second kappa shape index (κ2) is 4.97. The molecule has 0 aliphatic rings. The van der Waals surface area contributed by atoms with Gasteiger partial charge in [0, 0.05) is 10.4 Å². The van der Waals surface area contributed by atoms with Crippen molar-refractivity contribution in [3.63, 3.8) is 0 Å². The first kappa shape index (κ1) is 14.1.